The molecule has 4 saturated carbocycles. The lowest BCUT2D eigenvalue weighted by Crippen LogP contribution is -2.61. The van der Waals surface area contributed by atoms with E-state index in [0.717, 1.165) is 37.9 Å². The number of alkyl halides is 1. The Bertz CT molecular complexity index is 876. The van der Waals surface area contributed by atoms with Crippen LogP contribution in [0.5, 0.6) is 0 Å². The Morgan fingerprint density at radius 3 is 2.62 bits per heavy atom. The summed E-state index contributed by atoms with van der Waals surface area (Å²) in [5.41, 5.74) is -0.575. The summed E-state index contributed by atoms with van der Waals surface area (Å²) >= 11 is 0. The summed E-state index contributed by atoms with van der Waals surface area (Å²) in [6.07, 6.45) is 9.89. The van der Waals surface area contributed by atoms with Gasteiger partial charge in [0.15, 0.2) is 0 Å². The molecule has 1 aromatic heterocycles. The van der Waals surface area contributed by atoms with E-state index in [0.29, 0.717) is 49.6 Å². The number of aromatic nitrogens is 2. The average Bonchev–Trinajstić information content (AvgIpc) is 3.18. The van der Waals surface area contributed by atoms with Gasteiger partial charge >= 0.3 is 0 Å². The van der Waals surface area contributed by atoms with Gasteiger partial charge in [0.1, 0.15) is 11.4 Å². The summed E-state index contributed by atoms with van der Waals surface area (Å²) in [5, 5.41) is 18.7. The first-order chi connectivity index (χ1) is 15.3. The number of ether oxygens (including phenoxy) is 1. The zero-order valence-electron chi connectivity index (χ0n) is 19.1. The summed E-state index contributed by atoms with van der Waals surface area (Å²) in [6.45, 7) is 5.73. The molecule has 5 fully saturated rings. The fourth-order valence-corrected chi connectivity index (χ4v) is 6.48. The molecular formula is C24H35FN4O3. The Hall–Kier alpha value is -1.93. The molecule has 176 valence electrons. The molecule has 2 N–H and O–H groups in total. The van der Waals surface area contributed by atoms with Crippen molar-refractivity contribution in [3.8, 4) is 0 Å². The Morgan fingerprint density at radius 2 is 2.00 bits per heavy atom. The standard InChI is InChI=1S/C24H35FN4O3/c1-23(2,15-25)3-4-29-22(28-5-7-32-8-6-28)19(14-26-29)21(30)27-20-17-9-16-10-18(20)13-24(31,11-16)12-17/h3-4,14,16-18,20,31H,5-13,15H2,1-2H3,(H,27,30)/b4-3+. The van der Waals surface area contributed by atoms with Crippen LogP contribution in [-0.2, 0) is 4.74 Å². The number of allylic oxidation sites excluding steroid dienone is 1. The minimum absolute atomic E-state index is 0.111. The minimum atomic E-state index is -0.600. The monoisotopic (exact) mass is 446 g/mol. The highest BCUT2D eigenvalue weighted by atomic mass is 19.1. The van der Waals surface area contributed by atoms with E-state index in [4.69, 9.17) is 4.74 Å². The molecule has 5 aliphatic rings. The lowest BCUT2D eigenvalue weighted by Gasteiger charge is -2.58. The molecule has 2 heterocycles. The molecule has 0 aromatic carbocycles. The van der Waals surface area contributed by atoms with Crippen LogP contribution < -0.4 is 10.2 Å². The zero-order chi connectivity index (χ0) is 22.5. The maximum Gasteiger partial charge on any atom is 0.256 e. The van der Waals surface area contributed by atoms with Crippen molar-refractivity contribution in [1.82, 2.24) is 15.1 Å². The molecule has 4 aliphatic carbocycles. The highest BCUT2D eigenvalue weighted by molar-refractivity contribution is 5.99. The summed E-state index contributed by atoms with van der Waals surface area (Å²) in [5.74, 6) is 1.92. The second-order valence-electron chi connectivity index (χ2n) is 11.1. The fourth-order valence-electron chi connectivity index (χ4n) is 6.48. The molecule has 0 spiro atoms. The maximum absolute atomic E-state index is 13.5. The van der Waals surface area contributed by atoms with Crippen LogP contribution in [-0.4, -0.2) is 65.4 Å². The lowest BCUT2D eigenvalue weighted by atomic mass is 9.52. The van der Waals surface area contributed by atoms with Crippen LogP contribution in [0.1, 0.15) is 56.3 Å². The Morgan fingerprint density at radius 1 is 1.31 bits per heavy atom. The molecule has 1 saturated heterocycles. The number of nitrogens with one attached hydrogen (secondary N) is 1. The topological polar surface area (TPSA) is 79.6 Å². The Labute approximate surface area is 189 Å². The number of hydrogen-bond donors (Lipinski definition) is 2. The zero-order valence-corrected chi connectivity index (χ0v) is 19.1. The van der Waals surface area contributed by atoms with E-state index < -0.39 is 17.7 Å². The molecule has 1 aromatic rings. The van der Waals surface area contributed by atoms with Crippen molar-refractivity contribution in [3.05, 3.63) is 17.8 Å². The first-order valence-corrected chi connectivity index (χ1v) is 12.0. The molecule has 0 radical (unpaired) electrons. The first kappa shape index (κ1) is 21.9. The number of nitrogens with zero attached hydrogens (tertiary/aromatic N) is 3. The van der Waals surface area contributed by atoms with Gasteiger partial charge in [0, 0.05) is 30.7 Å². The van der Waals surface area contributed by atoms with Crippen molar-refractivity contribution < 1.29 is 19.0 Å². The molecule has 1 amide bonds. The van der Waals surface area contributed by atoms with Crippen LogP contribution in [0, 0.1) is 23.2 Å². The molecule has 8 heteroatoms. The van der Waals surface area contributed by atoms with Gasteiger partial charge < -0.3 is 20.1 Å². The van der Waals surface area contributed by atoms with E-state index in [2.05, 4.69) is 15.3 Å². The highest BCUT2D eigenvalue weighted by Gasteiger charge is 2.55. The number of carbonyl (C=O) groups is 1. The van der Waals surface area contributed by atoms with Gasteiger partial charge in [-0.05, 0) is 49.9 Å². The number of morpholine rings is 1. The van der Waals surface area contributed by atoms with Crippen molar-refractivity contribution in [2.75, 3.05) is 37.9 Å². The predicted molar refractivity (Wildman–Crippen MR) is 120 cm³/mol. The molecule has 32 heavy (non-hydrogen) atoms. The molecule has 4 bridgehead atoms. The van der Waals surface area contributed by atoms with Gasteiger partial charge in [0.05, 0.1) is 31.7 Å². The second-order valence-corrected chi connectivity index (χ2v) is 11.1. The lowest BCUT2D eigenvalue weighted by molar-refractivity contribution is -0.136. The molecule has 7 nitrogen and oxygen atoms in total. The van der Waals surface area contributed by atoms with E-state index in [1.165, 1.54) is 0 Å². The number of amides is 1. The molecular weight excluding hydrogens is 411 g/mol. The Kier molecular flexibility index (Phi) is 5.56. The van der Waals surface area contributed by atoms with Crippen LogP contribution in [0.3, 0.4) is 0 Å². The fraction of sp³-hybridized carbons (Fsp3) is 0.750. The number of rotatable bonds is 6. The normalized spacial score (nSPS) is 34.4. The third-order valence-electron chi connectivity index (χ3n) is 7.87. The summed E-state index contributed by atoms with van der Waals surface area (Å²) in [6, 6.07) is 0.112. The maximum atomic E-state index is 13.5. The van der Waals surface area contributed by atoms with Gasteiger partial charge in [-0.3, -0.25) is 9.18 Å². The summed E-state index contributed by atoms with van der Waals surface area (Å²) in [7, 11) is 0. The van der Waals surface area contributed by atoms with E-state index >= 15 is 0 Å². The van der Waals surface area contributed by atoms with Crippen molar-refractivity contribution in [3.63, 3.8) is 0 Å². The van der Waals surface area contributed by atoms with Crippen molar-refractivity contribution in [2.45, 2.75) is 57.6 Å². The van der Waals surface area contributed by atoms with E-state index in [9.17, 15) is 14.3 Å². The molecule has 6 rings (SSSR count). The number of carbonyl (C=O) groups excluding carboxylic acids is 1. The van der Waals surface area contributed by atoms with Crippen LogP contribution in [0.15, 0.2) is 12.3 Å². The third-order valence-corrected chi connectivity index (χ3v) is 7.87. The molecule has 2 unspecified atom stereocenters. The van der Waals surface area contributed by atoms with Gasteiger partial charge in [-0.2, -0.15) is 5.10 Å². The van der Waals surface area contributed by atoms with Crippen molar-refractivity contribution in [2.24, 2.45) is 23.2 Å². The number of halogens is 1. The molecule has 1 aliphatic heterocycles. The number of anilines is 1. The highest BCUT2D eigenvalue weighted by Crippen LogP contribution is 2.55. The predicted octanol–water partition coefficient (Wildman–Crippen LogP) is 2.86. The minimum Gasteiger partial charge on any atom is -0.390 e. The molecule has 2 atom stereocenters. The third kappa shape index (κ3) is 4.07. The van der Waals surface area contributed by atoms with Gasteiger partial charge in [-0.25, -0.2) is 4.68 Å². The smallest absolute Gasteiger partial charge is 0.256 e. The Balaban J connectivity index is 1.39. The van der Waals surface area contributed by atoms with Gasteiger partial charge in [-0.1, -0.05) is 19.9 Å². The van der Waals surface area contributed by atoms with Crippen molar-refractivity contribution in [1.29, 1.82) is 0 Å². The van der Waals surface area contributed by atoms with Gasteiger partial charge in [0.25, 0.3) is 5.91 Å². The summed E-state index contributed by atoms with van der Waals surface area (Å²) in [4.78, 5) is 15.6. The van der Waals surface area contributed by atoms with Crippen LogP contribution in [0.25, 0.3) is 6.20 Å². The quantitative estimate of drug-likeness (QED) is 0.703. The van der Waals surface area contributed by atoms with Gasteiger partial charge in [0.2, 0.25) is 0 Å². The van der Waals surface area contributed by atoms with E-state index in [1.807, 2.05) is 13.8 Å². The average molecular weight is 447 g/mol. The van der Waals surface area contributed by atoms with Crippen molar-refractivity contribution >= 4 is 17.9 Å². The van der Waals surface area contributed by atoms with Crippen LogP contribution in [0.4, 0.5) is 10.2 Å². The number of hydrogen-bond acceptors (Lipinski definition) is 5. The largest absolute Gasteiger partial charge is 0.390 e. The van der Waals surface area contributed by atoms with Gasteiger partial charge in [-0.15, -0.1) is 0 Å². The van der Waals surface area contributed by atoms with Crippen LogP contribution >= 0.6 is 0 Å². The first-order valence-electron chi connectivity index (χ1n) is 12.0. The van der Waals surface area contributed by atoms with E-state index in [-0.39, 0.29) is 11.9 Å². The second kappa shape index (κ2) is 8.13. The number of aliphatic hydroxyl groups is 1. The van der Waals surface area contributed by atoms with E-state index in [1.54, 1.807) is 23.2 Å². The van der Waals surface area contributed by atoms with Crippen LogP contribution in [0.2, 0.25) is 0 Å². The SMILES string of the molecule is CC(C)(/C=C/n1ncc(C(=O)NC2C3CC4CC2CC(O)(C4)C3)c1N1CCOCC1)CF. The summed E-state index contributed by atoms with van der Waals surface area (Å²) < 4.78 is 20.5.